The van der Waals surface area contributed by atoms with E-state index in [9.17, 15) is 9.59 Å². The Morgan fingerprint density at radius 1 is 1.15 bits per heavy atom. The van der Waals surface area contributed by atoms with Crippen LogP contribution in [0.15, 0.2) is 54.6 Å². The van der Waals surface area contributed by atoms with Gasteiger partial charge in [0.2, 0.25) is 11.8 Å². The quantitative estimate of drug-likeness (QED) is 0.816. The number of amides is 2. The monoisotopic (exact) mass is 366 g/mol. The number of rotatable bonds is 5. The Balaban J connectivity index is 1.83. The van der Waals surface area contributed by atoms with E-state index >= 15 is 0 Å². The zero-order chi connectivity index (χ0) is 19.4. The molecule has 0 N–H and O–H groups in total. The van der Waals surface area contributed by atoms with Gasteiger partial charge in [0.05, 0.1) is 19.1 Å². The van der Waals surface area contributed by atoms with Gasteiger partial charge in [0.25, 0.3) is 0 Å². The largest absolute Gasteiger partial charge is 0.497 e. The van der Waals surface area contributed by atoms with Gasteiger partial charge >= 0.3 is 0 Å². The topological polar surface area (TPSA) is 49.9 Å². The second-order valence-electron chi connectivity index (χ2n) is 7.05. The Labute approximate surface area is 160 Å². The highest BCUT2D eigenvalue weighted by Crippen LogP contribution is 2.37. The number of hydrogen-bond donors (Lipinski definition) is 0. The maximum absolute atomic E-state index is 13.2. The number of carbonyl (C=O) groups excluding carboxylic acids is 2. The number of hydrogen-bond acceptors (Lipinski definition) is 3. The summed E-state index contributed by atoms with van der Waals surface area (Å²) in [6, 6.07) is 17.3. The molecule has 0 spiro atoms. The SMILES string of the molecule is COc1ccc([C@H]2[C@H](C(=O)N(C)Cc3ccccc3)CCC(=O)N2C)cc1. The van der Waals surface area contributed by atoms with Gasteiger partial charge in [-0.3, -0.25) is 9.59 Å². The van der Waals surface area contributed by atoms with Gasteiger partial charge in [-0.05, 0) is 29.7 Å². The van der Waals surface area contributed by atoms with E-state index in [1.165, 1.54) is 0 Å². The highest BCUT2D eigenvalue weighted by atomic mass is 16.5. The number of likely N-dealkylation sites (tertiary alicyclic amines) is 1. The Kier molecular flexibility index (Phi) is 5.79. The van der Waals surface area contributed by atoms with Crippen LogP contribution in [0.5, 0.6) is 5.75 Å². The number of carbonyl (C=O) groups is 2. The summed E-state index contributed by atoms with van der Waals surface area (Å²) >= 11 is 0. The molecule has 1 fully saturated rings. The summed E-state index contributed by atoms with van der Waals surface area (Å²) in [6.45, 7) is 0.559. The first-order chi connectivity index (χ1) is 13.0. The van der Waals surface area contributed by atoms with Gasteiger partial charge in [-0.25, -0.2) is 0 Å². The van der Waals surface area contributed by atoms with Crippen molar-refractivity contribution < 1.29 is 14.3 Å². The molecule has 1 aliphatic heterocycles. The van der Waals surface area contributed by atoms with Gasteiger partial charge in [0.1, 0.15) is 5.75 Å². The summed E-state index contributed by atoms with van der Waals surface area (Å²) in [6.07, 6.45) is 0.969. The Hall–Kier alpha value is -2.82. The lowest BCUT2D eigenvalue weighted by molar-refractivity contribution is -0.146. The summed E-state index contributed by atoms with van der Waals surface area (Å²) in [5.41, 5.74) is 2.05. The maximum atomic E-state index is 13.2. The molecule has 5 nitrogen and oxygen atoms in total. The molecule has 1 aliphatic rings. The zero-order valence-corrected chi connectivity index (χ0v) is 16.1. The lowest BCUT2D eigenvalue weighted by atomic mass is 9.83. The highest BCUT2D eigenvalue weighted by molar-refractivity contribution is 5.84. The Morgan fingerprint density at radius 2 is 1.81 bits per heavy atom. The molecule has 0 saturated carbocycles. The van der Waals surface area contributed by atoms with Crippen molar-refractivity contribution in [1.82, 2.24) is 9.80 Å². The van der Waals surface area contributed by atoms with E-state index < -0.39 is 0 Å². The third-order valence-electron chi connectivity index (χ3n) is 5.27. The molecule has 1 saturated heterocycles. The molecule has 0 radical (unpaired) electrons. The number of nitrogens with zero attached hydrogens (tertiary/aromatic N) is 2. The predicted molar refractivity (Wildman–Crippen MR) is 104 cm³/mol. The molecule has 0 bridgehead atoms. The summed E-state index contributed by atoms with van der Waals surface area (Å²) in [5, 5.41) is 0. The van der Waals surface area contributed by atoms with Crippen LogP contribution in [0, 0.1) is 5.92 Å². The van der Waals surface area contributed by atoms with Crippen molar-refractivity contribution in [2.24, 2.45) is 5.92 Å². The van der Waals surface area contributed by atoms with E-state index in [1.807, 2.05) is 61.6 Å². The minimum absolute atomic E-state index is 0.0685. The van der Waals surface area contributed by atoms with Crippen molar-refractivity contribution in [2.75, 3.05) is 21.2 Å². The second kappa shape index (κ2) is 8.25. The van der Waals surface area contributed by atoms with Crippen molar-refractivity contribution in [3.05, 3.63) is 65.7 Å². The van der Waals surface area contributed by atoms with E-state index in [-0.39, 0.29) is 23.8 Å². The first-order valence-electron chi connectivity index (χ1n) is 9.19. The van der Waals surface area contributed by atoms with Gasteiger partial charge in [-0.15, -0.1) is 0 Å². The molecule has 1 heterocycles. The van der Waals surface area contributed by atoms with Crippen LogP contribution >= 0.6 is 0 Å². The lowest BCUT2D eigenvalue weighted by Gasteiger charge is -2.40. The van der Waals surface area contributed by atoms with Crippen LogP contribution in [-0.4, -0.2) is 42.8 Å². The third kappa shape index (κ3) is 4.13. The summed E-state index contributed by atoms with van der Waals surface area (Å²) in [5.74, 6) is 0.645. The highest BCUT2D eigenvalue weighted by Gasteiger charge is 2.39. The summed E-state index contributed by atoms with van der Waals surface area (Å²) < 4.78 is 5.23. The van der Waals surface area contributed by atoms with E-state index in [0.717, 1.165) is 16.9 Å². The van der Waals surface area contributed by atoms with E-state index in [2.05, 4.69) is 0 Å². The first kappa shape index (κ1) is 19.0. The number of benzene rings is 2. The molecular weight excluding hydrogens is 340 g/mol. The fourth-order valence-corrected chi connectivity index (χ4v) is 3.77. The van der Waals surface area contributed by atoms with Crippen molar-refractivity contribution >= 4 is 11.8 Å². The molecule has 5 heteroatoms. The molecule has 142 valence electrons. The molecule has 3 rings (SSSR count). The standard InChI is InChI=1S/C22H26N2O3/c1-23(15-16-7-5-4-6-8-16)22(26)19-13-14-20(25)24(2)21(19)17-9-11-18(27-3)12-10-17/h4-12,19,21H,13-15H2,1-3H3/t19-,21+/m1/s1. The van der Waals surface area contributed by atoms with E-state index in [0.29, 0.717) is 19.4 Å². The molecule has 2 aromatic carbocycles. The molecule has 0 aliphatic carbocycles. The average molecular weight is 366 g/mol. The van der Waals surface area contributed by atoms with Crippen molar-refractivity contribution in [2.45, 2.75) is 25.4 Å². The minimum Gasteiger partial charge on any atom is -0.497 e. The van der Waals surface area contributed by atoms with Gasteiger partial charge in [0, 0.05) is 27.1 Å². The van der Waals surface area contributed by atoms with Gasteiger partial charge in [-0.1, -0.05) is 42.5 Å². The molecule has 2 atom stereocenters. The van der Waals surface area contributed by atoms with Crippen LogP contribution in [-0.2, 0) is 16.1 Å². The normalized spacial score (nSPS) is 19.7. The lowest BCUT2D eigenvalue weighted by Crippen LogP contribution is -2.46. The van der Waals surface area contributed by atoms with Gasteiger partial charge < -0.3 is 14.5 Å². The zero-order valence-electron chi connectivity index (χ0n) is 16.1. The third-order valence-corrected chi connectivity index (χ3v) is 5.27. The average Bonchev–Trinajstić information content (AvgIpc) is 2.70. The van der Waals surface area contributed by atoms with E-state index in [1.54, 1.807) is 24.0 Å². The number of piperidine rings is 1. The van der Waals surface area contributed by atoms with Crippen molar-refractivity contribution in [3.63, 3.8) is 0 Å². The predicted octanol–water partition coefficient (Wildman–Crippen LogP) is 3.26. The fraction of sp³-hybridized carbons (Fsp3) is 0.364. The van der Waals surface area contributed by atoms with Crippen LogP contribution in [0.25, 0.3) is 0 Å². The van der Waals surface area contributed by atoms with Crippen LogP contribution < -0.4 is 4.74 Å². The fourth-order valence-electron chi connectivity index (χ4n) is 3.77. The van der Waals surface area contributed by atoms with Gasteiger partial charge in [0.15, 0.2) is 0 Å². The molecule has 2 amide bonds. The summed E-state index contributed by atoms with van der Waals surface area (Å²) in [7, 11) is 5.24. The second-order valence-corrected chi connectivity index (χ2v) is 7.05. The number of ether oxygens (including phenoxy) is 1. The minimum atomic E-state index is -0.261. The Bertz CT molecular complexity index is 789. The van der Waals surface area contributed by atoms with Crippen molar-refractivity contribution in [1.29, 1.82) is 0 Å². The molecular formula is C22H26N2O3. The smallest absolute Gasteiger partial charge is 0.228 e. The Morgan fingerprint density at radius 3 is 2.44 bits per heavy atom. The first-order valence-corrected chi connectivity index (χ1v) is 9.19. The molecule has 2 aromatic rings. The van der Waals surface area contributed by atoms with E-state index in [4.69, 9.17) is 4.74 Å². The molecule has 27 heavy (non-hydrogen) atoms. The number of methoxy groups -OCH3 is 1. The molecule has 0 unspecified atom stereocenters. The van der Waals surface area contributed by atoms with Crippen LogP contribution in [0.1, 0.15) is 30.0 Å². The molecule has 0 aromatic heterocycles. The van der Waals surface area contributed by atoms with Crippen LogP contribution in [0.4, 0.5) is 0 Å². The van der Waals surface area contributed by atoms with Gasteiger partial charge in [-0.2, -0.15) is 0 Å². The van der Waals surface area contributed by atoms with Crippen LogP contribution in [0.2, 0.25) is 0 Å². The van der Waals surface area contributed by atoms with Crippen LogP contribution in [0.3, 0.4) is 0 Å². The van der Waals surface area contributed by atoms with Crippen molar-refractivity contribution in [3.8, 4) is 5.75 Å². The summed E-state index contributed by atoms with van der Waals surface area (Å²) in [4.78, 5) is 29.0. The maximum Gasteiger partial charge on any atom is 0.228 e.